The number of methoxy groups -OCH3 is 1. The van der Waals surface area contributed by atoms with E-state index in [1.54, 1.807) is 37.6 Å². The second-order valence-electron chi connectivity index (χ2n) is 6.06. The van der Waals surface area contributed by atoms with Crippen molar-refractivity contribution in [2.24, 2.45) is 0 Å². The summed E-state index contributed by atoms with van der Waals surface area (Å²) in [6.07, 6.45) is 1.74. The van der Waals surface area contributed by atoms with Gasteiger partial charge in [-0.1, -0.05) is 0 Å². The number of anilines is 3. The van der Waals surface area contributed by atoms with Gasteiger partial charge in [0.25, 0.3) is 5.91 Å². The molecule has 3 N–H and O–H groups in total. The summed E-state index contributed by atoms with van der Waals surface area (Å²) in [6.45, 7) is 2.99. The number of hydrogen-bond donors (Lipinski definition) is 3. The third-order valence-corrected chi connectivity index (χ3v) is 3.91. The van der Waals surface area contributed by atoms with Crippen LogP contribution < -0.4 is 20.7 Å². The summed E-state index contributed by atoms with van der Waals surface area (Å²) >= 11 is 0. The molecule has 2 aromatic heterocycles. The number of rotatable bonds is 8. The summed E-state index contributed by atoms with van der Waals surface area (Å²) in [4.78, 5) is 16.3. The Morgan fingerprint density at radius 3 is 2.39 bits per heavy atom. The van der Waals surface area contributed by atoms with Gasteiger partial charge in [0.05, 0.1) is 7.11 Å². The molecule has 0 radical (unpaired) electrons. The van der Waals surface area contributed by atoms with Crippen LogP contribution in [0.4, 0.5) is 17.5 Å². The van der Waals surface area contributed by atoms with Crippen molar-refractivity contribution in [2.45, 2.75) is 6.92 Å². The molecular weight excluding hydrogens is 356 g/mol. The average Bonchev–Trinajstić information content (AvgIpc) is 2.72. The van der Waals surface area contributed by atoms with Gasteiger partial charge in [-0.2, -0.15) is 0 Å². The molecule has 0 bridgehead atoms. The van der Waals surface area contributed by atoms with Crippen molar-refractivity contribution in [2.75, 3.05) is 30.8 Å². The molecule has 8 nitrogen and oxygen atoms in total. The van der Waals surface area contributed by atoms with Gasteiger partial charge in [-0.15, -0.1) is 10.2 Å². The van der Waals surface area contributed by atoms with E-state index in [-0.39, 0.29) is 5.91 Å². The topological polar surface area (TPSA) is 101 Å². The van der Waals surface area contributed by atoms with Crippen LogP contribution in [0, 0.1) is 6.92 Å². The van der Waals surface area contributed by atoms with Gasteiger partial charge < -0.3 is 20.7 Å². The summed E-state index contributed by atoms with van der Waals surface area (Å²) in [7, 11) is 1.59. The van der Waals surface area contributed by atoms with Crippen molar-refractivity contribution in [1.29, 1.82) is 0 Å². The third-order valence-electron chi connectivity index (χ3n) is 3.91. The molecular formula is C20H22N6O2. The Balaban J connectivity index is 1.42. The van der Waals surface area contributed by atoms with E-state index in [9.17, 15) is 4.79 Å². The molecule has 28 heavy (non-hydrogen) atoms. The second kappa shape index (κ2) is 9.31. The third kappa shape index (κ3) is 5.41. The molecule has 0 fully saturated rings. The summed E-state index contributed by atoms with van der Waals surface area (Å²) in [5.41, 5.74) is 1.70. The lowest BCUT2D eigenvalue weighted by atomic mass is 10.2. The molecule has 0 aliphatic rings. The lowest BCUT2D eigenvalue weighted by Gasteiger charge is -2.08. The quantitative estimate of drug-likeness (QED) is 0.518. The lowest BCUT2D eigenvalue weighted by Crippen LogP contribution is -2.28. The fraction of sp³-hybridized carbons (Fsp3) is 0.200. The first-order valence-electron chi connectivity index (χ1n) is 8.83. The highest BCUT2D eigenvalue weighted by Crippen LogP contribution is 2.13. The number of nitrogens with one attached hydrogen (secondary N) is 3. The maximum Gasteiger partial charge on any atom is 0.251 e. The fourth-order valence-corrected chi connectivity index (χ4v) is 2.44. The zero-order valence-electron chi connectivity index (χ0n) is 15.8. The van der Waals surface area contributed by atoms with Gasteiger partial charge in [0, 0.05) is 24.8 Å². The predicted octanol–water partition coefficient (Wildman–Crippen LogP) is 2.77. The maximum atomic E-state index is 12.1. The van der Waals surface area contributed by atoms with Gasteiger partial charge in [0.15, 0.2) is 5.82 Å². The van der Waals surface area contributed by atoms with Crippen LogP contribution in [0.5, 0.6) is 5.75 Å². The van der Waals surface area contributed by atoms with Crippen molar-refractivity contribution >= 4 is 23.4 Å². The van der Waals surface area contributed by atoms with Crippen molar-refractivity contribution in [3.8, 4) is 5.75 Å². The Morgan fingerprint density at radius 2 is 1.71 bits per heavy atom. The minimum Gasteiger partial charge on any atom is -0.497 e. The molecule has 0 aliphatic carbocycles. The number of benzene rings is 1. The molecule has 0 saturated heterocycles. The summed E-state index contributed by atoms with van der Waals surface area (Å²) < 4.78 is 5.08. The average molecular weight is 378 g/mol. The fourth-order valence-electron chi connectivity index (χ4n) is 2.44. The first-order valence-corrected chi connectivity index (χ1v) is 8.83. The molecule has 3 rings (SSSR count). The summed E-state index contributed by atoms with van der Waals surface area (Å²) in [5.74, 6) is 2.53. The Morgan fingerprint density at radius 1 is 0.964 bits per heavy atom. The largest absolute Gasteiger partial charge is 0.497 e. The highest BCUT2D eigenvalue weighted by atomic mass is 16.5. The predicted molar refractivity (Wildman–Crippen MR) is 108 cm³/mol. The normalized spacial score (nSPS) is 10.2. The van der Waals surface area contributed by atoms with Crippen molar-refractivity contribution in [3.05, 3.63) is 65.9 Å². The van der Waals surface area contributed by atoms with Crippen LogP contribution >= 0.6 is 0 Å². The first kappa shape index (κ1) is 19.1. The molecule has 8 heteroatoms. The number of aryl methyl sites for hydroxylation is 1. The molecule has 0 spiro atoms. The lowest BCUT2D eigenvalue weighted by molar-refractivity contribution is 0.0955. The van der Waals surface area contributed by atoms with Gasteiger partial charge >= 0.3 is 0 Å². The molecule has 1 aromatic carbocycles. The highest BCUT2D eigenvalue weighted by Gasteiger charge is 2.05. The van der Waals surface area contributed by atoms with E-state index in [0.717, 1.165) is 11.4 Å². The van der Waals surface area contributed by atoms with E-state index in [0.29, 0.717) is 36.0 Å². The molecule has 0 saturated carbocycles. The van der Waals surface area contributed by atoms with Gasteiger partial charge in [-0.25, -0.2) is 4.98 Å². The number of aromatic nitrogens is 3. The SMILES string of the molecule is COc1ccc(C(=O)NCCNc2ccc(Nc3cc(C)ccn3)nn2)cc1. The minimum atomic E-state index is -0.138. The molecule has 0 aliphatic heterocycles. The van der Waals surface area contributed by atoms with E-state index in [1.807, 2.05) is 31.2 Å². The Kier molecular flexibility index (Phi) is 6.35. The van der Waals surface area contributed by atoms with E-state index in [2.05, 4.69) is 31.1 Å². The monoisotopic (exact) mass is 378 g/mol. The minimum absolute atomic E-state index is 0.138. The Bertz CT molecular complexity index is 913. The van der Waals surface area contributed by atoms with Gasteiger partial charge in [-0.3, -0.25) is 4.79 Å². The zero-order chi connectivity index (χ0) is 19.8. The number of carbonyl (C=O) groups excluding carboxylic acids is 1. The number of amides is 1. The number of hydrogen-bond acceptors (Lipinski definition) is 7. The molecule has 144 valence electrons. The van der Waals surface area contributed by atoms with Crippen LogP contribution in [0.1, 0.15) is 15.9 Å². The number of ether oxygens (including phenoxy) is 1. The van der Waals surface area contributed by atoms with E-state index < -0.39 is 0 Å². The van der Waals surface area contributed by atoms with Crippen molar-refractivity contribution in [3.63, 3.8) is 0 Å². The van der Waals surface area contributed by atoms with Crippen LogP contribution in [0.25, 0.3) is 0 Å². The van der Waals surface area contributed by atoms with Crippen LogP contribution in [0.3, 0.4) is 0 Å². The summed E-state index contributed by atoms with van der Waals surface area (Å²) in [5, 5.41) is 17.3. The highest BCUT2D eigenvalue weighted by molar-refractivity contribution is 5.94. The zero-order valence-corrected chi connectivity index (χ0v) is 15.8. The summed E-state index contributed by atoms with van der Waals surface area (Å²) in [6, 6.07) is 14.4. The van der Waals surface area contributed by atoms with E-state index in [4.69, 9.17) is 4.74 Å². The molecule has 0 unspecified atom stereocenters. The molecule has 2 heterocycles. The van der Waals surface area contributed by atoms with E-state index >= 15 is 0 Å². The molecule has 3 aromatic rings. The number of nitrogens with zero attached hydrogens (tertiary/aromatic N) is 3. The van der Waals surface area contributed by atoms with Gasteiger partial charge in [0.1, 0.15) is 17.4 Å². The maximum absolute atomic E-state index is 12.1. The molecule has 1 amide bonds. The van der Waals surface area contributed by atoms with Crippen LogP contribution in [0.15, 0.2) is 54.7 Å². The van der Waals surface area contributed by atoms with Crippen LogP contribution in [-0.4, -0.2) is 41.3 Å². The van der Waals surface area contributed by atoms with Crippen LogP contribution in [0.2, 0.25) is 0 Å². The van der Waals surface area contributed by atoms with E-state index in [1.165, 1.54) is 0 Å². The van der Waals surface area contributed by atoms with Gasteiger partial charge in [-0.05, 0) is 61.0 Å². The smallest absolute Gasteiger partial charge is 0.251 e. The molecule has 0 atom stereocenters. The Hall–Kier alpha value is -3.68. The van der Waals surface area contributed by atoms with Crippen molar-refractivity contribution < 1.29 is 9.53 Å². The van der Waals surface area contributed by atoms with Crippen molar-refractivity contribution in [1.82, 2.24) is 20.5 Å². The first-order chi connectivity index (χ1) is 13.6. The second-order valence-corrected chi connectivity index (χ2v) is 6.06. The van der Waals surface area contributed by atoms with Crippen LogP contribution in [-0.2, 0) is 0 Å². The number of carbonyl (C=O) groups is 1. The standard InChI is InChI=1S/C20H22N6O2/c1-14-9-10-21-19(13-14)24-18-8-7-17(25-26-18)22-11-12-23-20(27)15-3-5-16(28-2)6-4-15/h3-10,13H,11-12H2,1-2H3,(H,22,25)(H,23,27)(H,21,24,26). The van der Waals surface area contributed by atoms with Gasteiger partial charge in [0.2, 0.25) is 0 Å². The number of pyridine rings is 1. The Labute approximate surface area is 163 Å².